The molecule has 0 spiro atoms. The summed E-state index contributed by atoms with van der Waals surface area (Å²) in [6.07, 6.45) is 1.95. The molecular weight excluding hydrogens is 284 g/mol. The van der Waals surface area contributed by atoms with Crippen molar-refractivity contribution in [2.24, 2.45) is 0 Å². The first-order valence-corrected chi connectivity index (χ1v) is 8.24. The third kappa shape index (κ3) is 2.93. The third-order valence-electron chi connectivity index (χ3n) is 4.24. The first kappa shape index (κ1) is 15.9. The van der Waals surface area contributed by atoms with E-state index in [0.717, 1.165) is 29.0 Å². The first-order valence-electron chi connectivity index (χ1n) is 7.26. The number of para-hydroxylation sites is 1. The van der Waals surface area contributed by atoms with Crippen molar-refractivity contribution in [1.82, 2.24) is 9.55 Å². The summed E-state index contributed by atoms with van der Waals surface area (Å²) < 4.78 is 2.24. The van der Waals surface area contributed by atoms with Crippen LogP contribution in [-0.2, 0) is 10.3 Å². The van der Waals surface area contributed by atoms with Gasteiger partial charge in [0.2, 0.25) is 0 Å². The Morgan fingerprint density at radius 3 is 2.62 bits per heavy atom. The molecule has 0 atom stereocenters. The maximum Gasteiger partial charge on any atom is 0.313 e. The highest BCUT2D eigenvalue weighted by atomic mass is 32.2. The van der Waals surface area contributed by atoms with Crippen molar-refractivity contribution < 1.29 is 9.90 Å². The SMILES string of the molecule is CCC(C)(CC)n1c(SCC(=O)O)nc2cccc(C)c21. The van der Waals surface area contributed by atoms with E-state index < -0.39 is 5.97 Å². The van der Waals surface area contributed by atoms with Crippen molar-refractivity contribution in [3.8, 4) is 0 Å². The van der Waals surface area contributed by atoms with Crippen LogP contribution in [0.5, 0.6) is 0 Å². The summed E-state index contributed by atoms with van der Waals surface area (Å²) in [5.41, 5.74) is 3.18. The van der Waals surface area contributed by atoms with Crippen LogP contribution in [0, 0.1) is 6.92 Å². The normalized spacial score (nSPS) is 12.0. The van der Waals surface area contributed by atoms with Gasteiger partial charge in [0, 0.05) is 5.54 Å². The van der Waals surface area contributed by atoms with Gasteiger partial charge in [-0.2, -0.15) is 0 Å². The number of hydrogen-bond donors (Lipinski definition) is 1. The van der Waals surface area contributed by atoms with Gasteiger partial charge < -0.3 is 9.67 Å². The standard InChI is InChI=1S/C16H22N2O2S/c1-5-16(4,6-2)18-14-11(3)8-7-9-12(14)17-15(18)21-10-13(19)20/h7-9H,5-6,10H2,1-4H3,(H,19,20). The molecule has 0 saturated carbocycles. The number of benzene rings is 1. The minimum absolute atomic E-state index is 0.0336. The topological polar surface area (TPSA) is 55.1 Å². The molecule has 1 aromatic carbocycles. The Labute approximate surface area is 129 Å². The molecule has 0 bridgehead atoms. The summed E-state index contributed by atoms with van der Waals surface area (Å²) in [6, 6.07) is 6.07. The van der Waals surface area contributed by atoms with Crippen molar-refractivity contribution in [3.63, 3.8) is 0 Å². The van der Waals surface area contributed by atoms with Gasteiger partial charge in [-0.05, 0) is 38.3 Å². The number of aryl methyl sites for hydroxylation is 1. The second kappa shape index (κ2) is 6.10. The largest absolute Gasteiger partial charge is 0.481 e. The Kier molecular flexibility index (Phi) is 4.61. The molecule has 0 amide bonds. The zero-order valence-corrected chi connectivity index (χ0v) is 13.8. The number of carbonyl (C=O) groups is 1. The highest BCUT2D eigenvalue weighted by molar-refractivity contribution is 7.99. The molecule has 0 aliphatic carbocycles. The van der Waals surface area contributed by atoms with Gasteiger partial charge in [-0.15, -0.1) is 0 Å². The Morgan fingerprint density at radius 1 is 1.38 bits per heavy atom. The third-order valence-corrected chi connectivity index (χ3v) is 5.16. The van der Waals surface area contributed by atoms with Crippen LogP contribution >= 0.6 is 11.8 Å². The fraction of sp³-hybridized carbons (Fsp3) is 0.500. The lowest BCUT2D eigenvalue weighted by molar-refractivity contribution is -0.133. The smallest absolute Gasteiger partial charge is 0.313 e. The molecule has 0 aliphatic rings. The van der Waals surface area contributed by atoms with E-state index in [1.54, 1.807) is 0 Å². The average molecular weight is 306 g/mol. The predicted octanol–water partition coefficient (Wildman–Crippen LogP) is 4.06. The average Bonchev–Trinajstić information content (AvgIpc) is 2.85. The van der Waals surface area contributed by atoms with Crippen LogP contribution in [-0.4, -0.2) is 26.4 Å². The summed E-state index contributed by atoms with van der Waals surface area (Å²) in [5, 5.41) is 9.75. The van der Waals surface area contributed by atoms with Gasteiger partial charge in [-0.1, -0.05) is 37.7 Å². The highest BCUT2D eigenvalue weighted by Gasteiger charge is 2.28. The molecule has 2 aromatic rings. The number of nitrogens with zero attached hydrogens (tertiary/aromatic N) is 2. The molecule has 0 aliphatic heterocycles. The molecule has 1 aromatic heterocycles. The number of carboxylic acid groups (broad SMARTS) is 1. The Hall–Kier alpha value is -1.49. The van der Waals surface area contributed by atoms with Gasteiger partial charge in [0.25, 0.3) is 0 Å². The van der Waals surface area contributed by atoms with Crippen LogP contribution in [0.15, 0.2) is 23.4 Å². The van der Waals surface area contributed by atoms with Crippen LogP contribution < -0.4 is 0 Å². The van der Waals surface area contributed by atoms with Gasteiger partial charge in [0.05, 0.1) is 16.8 Å². The number of imidazole rings is 1. The molecule has 0 radical (unpaired) electrons. The lowest BCUT2D eigenvalue weighted by atomic mass is 9.94. The van der Waals surface area contributed by atoms with E-state index in [0.29, 0.717) is 0 Å². The molecule has 0 unspecified atom stereocenters. The monoisotopic (exact) mass is 306 g/mol. The molecule has 21 heavy (non-hydrogen) atoms. The lowest BCUT2D eigenvalue weighted by Gasteiger charge is -2.31. The quantitative estimate of drug-likeness (QED) is 0.818. The number of carboxylic acids is 1. The van der Waals surface area contributed by atoms with Crippen LogP contribution in [0.1, 0.15) is 39.2 Å². The summed E-state index contributed by atoms with van der Waals surface area (Å²) in [7, 11) is 0. The second-order valence-corrected chi connectivity index (χ2v) is 6.50. The summed E-state index contributed by atoms with van der Waals surface area (Å²) in [4.78, 5) is 15.6. The van der Waals surface area contributed by atoms with Gasteiger partial charge in [-0.25, -0.2) is 4.98 Å². The van der Waals surface area contributed by atoms with E-state index >= 15 is 0 Å². The molecule has 1 N–H and O–H groups in total. The van der Waals surface area contributed by atoms with Gasteiger partial charge in [0.1, 0.15) is 0 Å². The maximum absolute atomic E-state index is 10.9. The molecule has 114 valence electrons. The molecule has 4 nitrogen and oxygen atoms in total. The van der Waals surface area contributed by atoms with Gasteiger partial charge in [0.15, 0.2) is 5.16 Å². The summed E-state index contributed by atoms with van der Waals surface area (Å²) >= 11 is 1.30. The number of hydrogen-bond acceptors (Lipinski definition) is 3. The molecule has 0 saturated heterocycles. The van der Waals surface area contributed by atoms with E-state index in [-0.39, 0.29) is 11.3 Å². The van der Waals surface area contributed by atoms with Crippen LogP contribution in [0.3, 0.4) is 0 Å². The second-order valence-electron chi connectivity index (χ2n) is 5.56. The minimum Gasteiger partial charge on any atom is -0.481 e. The van der Waals surface area contributed by atoms with E-state index in [1.165, 1.54) is 17.3 Å². The highest BCUT2D eigenvalue weighted by Crippen LogP contribution is 2.36. The number of rotatable bonds is 6. The van der Waals surface area contributed by atoms with Crippen LogP contribution in [0.2, 0.25) is 0 Å². The van der Waals surface area contributed by atoms with Crippen molar-refractivity contribution in [3.05, 3.63) is 23.8 Å². The fourth-order valence-corrected chi connectivity index (χ4v) is 3.42. The Morgan fingerprint density at radius 2 is 2.05 bits per heavy atom. The molecular formula is C16H22N2O2S. The number of thioether (sulfide) groups is 1. The van der Waals surface area contributed by atoms with E-state index in [1.807, 2.05) is 12.1 Å². The predicted molar refractivity (Wildman–Crippen MR) is 87.1 cm³/mol. The van der Waals surface area contributed by atoms with Crippen molar-refractivity contribution in [1.29, 1.82) is 0 Å². The minimum atomic E-state index is -0.815. The van der Waals surface area contributed by atoms with Gasteiger partial charge in [-0.3, -0.25) is 4.79 Å². The van der Waals surface area contributed by atoms with Crippen LogP contribution in [0.25, 0.3) is 11.0 Å². The Balaban J connectivity index is 2.67. The van der Waals surface area contributed by atoms with Gasteiger partial charge >= 0.3 is 5.97 Å². The number of aliphatic carboxylic acids is 1. The summed E-state index contributed by atoms with van der Waals surface area (Å²) in [6.45, 7) is 8.63. The number of aromatic nitrogens is 2. The van der Waals surface area contributed by atoms with Crippen LogP contribution in [0.4, 0.5) is 0 Å². The molecule has 5 heteroatoms. The molecule has 2 rings (SSSR count). The molecule has 0 fully saturated rings. The van der Waals surface area contributed by atoms with E-state index in [4.69, 9.17) is 5.11 Å². The fourth-order valence-electron chi connectivity index (χ4n) is 2.56. The first-order chi connectivity index (χ1) is 9.92. The Bertz CT molecular complexity index is 660. The lowest BCUT2D eigenvalue weighted by Crippen LogP contribution is -2.29. The van der Waals surface area contributed by atoms with E-state index in [2.05, 4.69) is 43.3 Å². The summed E-state index contributed by atoms with van der Waals surface area (Å²) in [5.74, 6) is -0.781. The van der Waals surface area contributed by atoms with E-state index in [9.17, 15) is 4.79 Å². The van der Waals surface area contributed by atoms with Crippen molar-refractivity contribution >= 4 is 28.8 Å². The van der Waals surface area contributed by atoms with Crippen molar-refractivity contribution in [2.45, 2.75) is 51.2 Å². The molecule has 1 heterocycles. The zero-order chi connectivity index (χ0) is 15.6. The number of fused-ring (bicyclic) bond motifs is 1. The zero-order valence-electron chi connectivity index (χ0n) is 13.0. The maximum atomic E-state index is 10.9. The van der Waals surface area contributed by atoms with Crippen molar-refractivity contribution in [2.75, 3.05) is 5.75 Å².